The van der Waals surface area contributed by atoms with Gasteiger partial charge in [0, 0.05) is 29.9 Å². The largest absolute Gasteiger partial charge is 0.338 e. The fourth-order valence-electron chi connectivity index (χ4n) is 4.30. The molecule has 0 spiro atoms. The Morgan fingerprint density at radius 1 is 1.03 bits per heavy atom. The van der Waals surface area contributed by atoms with Gasteiger partial charge in [0.1, 0.15) is 5.82 Å². The van der Waals surface area contributed by atoms with Gasteiger partial charge >= 0.3 is 0 Å². The predicted octanol–water partition coefficient (Wildman–Crippen LogP) is 4.90. The van der Waals surface area contributed by atoms with E-state index in [4.69, 9.17) is 0 Å². The van der Waals surface area contributed by atoms with Gasteiger partial charge in [0.15, 0.2) is 0 Å². The Bertz CT molecular complexity index is 1390. The van der Waals surface area contributed by atoms with Crippen LogP contribution in [0.15, 0.2) is 77.7 Å². The lowest BCUT2D eigenvalue weighted by atomic mass is 10.0. The smallest absolute Gasteiger partial charge is 0.255 e. The highest BCUT2D eigenvalue weighted by Crippen LogP contribution is 2.25. The number of aromatic nitrogens is 2. The third kappa shape index (κ3) is 4.47. The number of carbonyl (C=O) groups excluding carboxylic acids is 1. The Kier molecular flexibility index (Phi) is 5.93. The molecule has 0 aliphatic carbocycles. The van der Waals surface area contributed by atoms with Crippen LogP contribution in [0, 0.1) is 5.92 Å². The number of anilines is 1. The van der Waals surface area contributed by atoms with Crippen LogP contribution in [0.5, 0.6) is 0 Å². The molecular weight excluding hydrogens is 448 g/mol. The second kappa shape index (κ2) is 9.04. The number of hydrogen-bond donors (Lipinski definition) is 2. The molecule has 1 saturated heterocycles. The number of carbonyl (C=O) groups is 1. The molecule has 34 heavy (non-hydrogen) atoms. The summed E-state index contributed by atoms with van der Waals surface area (Å²) in [7, 11) is -3.54. The van der Waals surface area contributed by atoms with Gasteiger partial charge < -0.3 is 10.3 Å². The third-order valence-corrected chi connectivity index (χ3v) is 8.06. The van der Waals surface area contributed by atoms with Crippen molar-refractivity contribution in [1.82, 2.24) is 14.3 Å². The molecule has 2 N–H and O–H groups in total. The zero-order chi connectivity index (χ0) is 23.7. The summed E-state index contributed by atoms with van der Waals surface area (Å²) in [5, 5.41) is 2.86. The van der Waals surface area contributed by atoms with Crippen LogP contribution in [0.2, 0.25) is 0 Å². The minimum absolute atomic E-state index is 0.216. The molecule has 1 atom stereocenters. The average molecular weight is 475 g/mol. The van der Waals surface area contributed by atoms with Gasteiger partial charge in [0.25, 0.3) is 5.91 Å². The van der Waals surface area contributed by atoms with E-state index in [0.29, 0.717) is 30.3 Å². The molecular formula is C26H26N4O3S. The lowest BCUT2D eigenvalue weighted by molar-refractivity contribution is 0.102. The average Bonchev–Trinajstić information content (AvgIpc) is 3.29. The molecule has 0 radical (unpaired) electrons. The van der Waals surface area contributed by atoms with Crippen LogP contribution in [0.25, 0.3) is 22.4 Å². The molecule has 2 heterocycles. The molecule has 3 aromatic carbocycles. The predicted molar refractivity (Wildman–Crippen MR) is 133 cm³/mol. The van der Waals surface area contributed by atoms with Gasteiger partial charge in [-0.15, -0.1) is 0 Å². The Morgan fingerprint density at radius 3 is 2.47 bits per heavy atom. The van der Waals surface area contributed by atoms with Crippen LogP contribution >= 0.6 is 0 Å². The first-order valence-corrected chi connectivity index (χ1v) is 12.8. The van der Waals surface area contributed by atoms with E-state index in [0.717, 1.165) is 35.3 Å². The van der Waals surface area contributed by atoms with Crippen molar-refractivity contribution in [1.29, 1.82) is 0 Å². The minimum Gasteiger partial charge on any atom is -0.338 e. The number of piperidine rings is 1. The molecule has 8 heteroatoms. The minimum atomic E-state index is -3.54. The highest BCUT2D eigenvalue weighted by Gasteiger charge is 2.28. The first kappa shape index (κ1) is 22.3. The molecule has 4 aromatic rings. The molecule has 174 valence electrons. The maximum atomic E-state index is 12.9. The number of nitrogens with one attached hydrogen (secondary N) is 2. The highest BCUT2D eigenvalue weighted by atomic mass is 32.2. The van der Waals surface area contributed by atoms with Crippen molar-refractivity contribution in [2.45, 2.75) is 24.7 Å². The Morgan fingerprint density at radius 2 is 1.76 bits per heavy atom. The molecule has 1 amide bonds. The van der Waals surface area contributed by atoms with E-state index in [2.05, 4.69) is 22.2 Å². The van der Waals surface area contributed by atoms with Gasteiger partial charge in [-0.25, -0.2) is 13.4 Å². The third-order valence-electron chi connectivity index (χ3n) is 6.18. The van der Waals surface area contributed by atoms with Gasteiger partial charge in [0.05, 0.1) is 15.9 Å². The van der Waals surface area contributed by atoms with Crippen molar-refractivity contribution in [2.75, 3.05) is 18.4 Å². The fraction of sp³-hybridized carbons (Fsp3) is 0.231. The van der Waals surface area contributed by atoms with Gasteiger partial charge in [-0.2, -0.15) is 4.31 Å². The van der Waals surface area contributed by atoms with Crippen LogP contribution in [-0.2, 0) is 10.0 Å². The summed E-state index contributed by atoms with van der Waals surface area (Å²) >= 11 is 0. The SMILES string of the molecule is CC1CCCN(S(=O)(=O)c2ccc(C(=O)Nc3ccc(-c4nc5ccccc5[nH]4)cc3)cc2)C1. The van der Waals surface area contributed by atoms with E-state index in [9.17, 15) is 13.2 Å². The maximum Gasteiger partial charge on any atom is 0.255 e. The van der Waals surface area contributed by atoms with Crippen molar-refractivity contribution >= 4 is 32.7 Å². The topological polar surface area (TPSA) is 95.2 Å². The molecule has 0 bridgehead atoms. The molecule has 1 fully saturated rings. The van der Waals surface area contributed by atoms with Crippen molar-refractivity contribution in [3.05, 3.63) is 78.4 Å². The highest BCUT2D eigenvalue weighted by molar-refractivity contribution is 7.89. The van der Waals surface area contributed by atoms with Crippen LogP contribution in [0.1, 0.15) is 30.1 Å². The molecule has 1 unspecified atom stereocenters. The van der Waals surface area contributed by atoms with Gasteiger partial charge in [-0.05, 0) is 79.4 Å². The van der Waals surface area contributed by atoms with E-state index in [1.165, 1.54) is 12.1 Å². The summed E-state index contributed by atoms with van der Waals surface area (Å²) in [5.41, 5.74) is 3.82. The molecule has 1 aromatic heterocycles. The number of aromatic amines is 1. The van der Waals surface area contributed by atoms with Crippen LogP contribution < -0.4 is 5.32 Å². The second-order valence-electron chi connectivity index (χ2n) is 8.77. The molecule has 7 nitrogen and oxygen atoms in total. The fourth-order valence-corrected chi connectivity index (χ4v) is 5.89. The standard InChI is InChI=1S/C26H26N4O3S/c1-18-5-4-16-30(17-18)34(32,33)22-14-10-20(11-15-22)26(31)27-21-12-8-19(9-13-21)25-28-23-6-2-3-7-24(23)29-25/h2-3,6-15,18H,4-5,16-17H2,1H3,(H,27,31)(H,28,29). The lowest BCUT2D eigenvalue weighted by Gasteiger charge is -2.30. The number of benzene rings is 3. The second-order valence-corrected chi connectivity index (χ2v) is 10.7. The lowest BCUT2D eigenvalue weighted by Crippen LogP contribution is -2.39. The number of sulfonamides is 1. The van der Waals surface area contributed by atoms with Crippen LogP contribution in [0.3, 0.4) is 0 Å². The van der Waals surface area contributed by atoms with Crippen molar-refractivity contribution in [2.24, 2.45) is 5.92 Å². The van der Waals surface area contributed by atoms with Gasteiger partial charge in [-0.1, -0.05) is 19.1 Å². The first-order chi connectivity index (χ1) is 16.4. The zero-order valence-electron chi connectivity index (χ0n) is 18.9. The van der Waals surface area contributed by atoms with Crippen molar-refractivity contribution in [3.8, 4) is 11.4 Å². The summed E-state index contributed by atoms with van der Waals surface area (Å²) < 4.78 is 27.4. The number of para-hydroxylation sites is 2. The monoisotopic (exact) mass is 474 g/mol. The van der Waals surface area contributed by atoms with Crippen molar-refractivity contribution in [3.63, 3.8) is 0 Å². The molecule has 5 rings (SSSR count). The Balaban J connectivity index is 1.27. The van der Waals surface area contributed by atoms with Crippen molar-refractivity contribution < 1.29 is 13.2 Å². The van der Waals surface area contributed by atoms with Crippen LogP contribution in [0.4, 0.5) is 5.69 Å². The van der Waals surface area contributed by atoms with E-state index in [1.54, 1.807) is 16.4 Å². The zero-order valence-corrected chi connectivity index (χ0v) is 19.7. The summed E-state index contributed by atoms with van der Waals surface area (Å²) in [6.07, 6.45) is 1.92. The first-order valence-electron chi connectivity index (χ1n) is 11.4. The maximum absolute atomic E-state index is 12.9. The summed E-state index contributed by atoms with van der Waals surface area (Å²) in [5.74, 6) is 0.817. The van der Waals surface area contributed by atoms with E-state index >= 15 is 0 Å². The molecule has 0 saturated carbocycles. The quantitative estimate of drug-likeness (QED) is 0.430. The summed E-state index contributed by atoms with van der Waals surface area (Å²) in [4.78, 5) is 20.8. The van der Waals surface area contributed by atoms with Crippen LogP contribution in [-0.4, -0.2) is 41.7 Å². The Hall–Kier alpha value is -3.49. The summed E-state index contributed by atoms with van der Waals surface area (Å²) in [6.45, 7) is 3.14. The Labute approximate surface area is 198 Å². The number of rotatable bonds is 5. The number of imidazole rings is 1. The van der Waals surface area contributed by atoms with Gasteiger partial charge in [0.2, 0.25) is 10.0 Å². The van der Waals surface area contributed by atoms with E-state index < -0.39 is 10.0 Å². The molecule has 1 aliphatic heterocycles. The normalized spacial score (nSPS) is 17.0. The number of hydrogen-bond acceptors (Lipinski definition) is 4. The number of fused-ring (bicyclic) bond motifs is 1. The number of amides is 1. The number of nitrogens with zero attached hydrogens (tertiary/aromatic N) is 2. The molecule has 1 aliphatic rings. The van der Waals surface area contributed by atoms with E-state index in [1.807, 2.05) is 48.5 Å². The number of H-pyrrole nitrogens is 1. The van der Waals surface area contributed by atoms with E-state index in [-0.39, 0.29) is 10.8 Å². The van der Waals surface area contributed by atoms with Gasteiger partial charge in [-0.3, -0.25) is 4.79 Å². The summed E-state index contributed by atoms with van der Waals surface area (Å²) in [6, 6.07) is 21.4.